The first-order valence-electron chi connectivity index (χ1n) is 6.43. The molecule has 2 aliphatic carbocycles. The highest BCUT2D eigenvalue weighted by molar-refractivity contribution is 4.99. The normalized spacial score (nSPS) is 40.3. The van der Waals surface area contributed by atoms with E-state index in [2.05, 4.69) is 27.7 Å². The van der Waals surface area contributed by atoms with Gasteiger partial charge in [-0.3, -0.25) is 0 Å². The summed E-state index contributed by atoms with van der Waals surface area (Å²) >= 11 is 0. The van der Waals surface area contributed by atoms with Crippen LogP contribution in [0.5, 0.6) is 0 Å². The van der Waals surface area contributed by atoms with Gasteiger partial charge in [-0.2, -0.15) is 0 Å². The fourth-order valence-electron chi connectivity index (χ4n) is 4.67. The van der Waals surface area contributed by atoms with Gasteiger partial charge >= 0.3 is 0 Å². The van der Waals surface area contributed by atoms with Crippen LogP contribution >= 0.6 is 0 Å². The smallest absolute Gasteiger partial charge is 0.0283 e. The van der Waals surface area contributed by atoms with Gasteiger partial charge < -0.3 is 0 Å². The van der Waals surface area contributed by atoms with Crippen LogP contribution in [0.3, 0.4) is 0 Å². The van der Waals surface area contributed by atoms with Crippen LogP contribution in [0.15, 0.2) is 0 Å². The van der Waals surface area contributed by atoms with Gasteiger partial charge in [-0.05, 0) is 41.9 Å². The van der Waals surface area contributed by atoms with E-state index in [1.165, 1.54) is 38.5 Å². The zero-order valence-electron chi connectivity index (χ0n) is 10.4. The third-order valence-corrected chi connectivity index (χ3v) is 4.96. The summed E-state index contributed by atoms with van der Waals surface area (Å²) in [5.74, 6) is 2.03. The molecule has 2 saturated carbocycles. The van der Waals surface area contributed by atoms with Crippen molar-refractivity contribution in [1.82, 2.24) is 0 Å². The van der Waals surface area contributed by atoms with E-state index in [9.17, 15) is 0 Å². The molecule has 0 aliphatic heterocycles. The van der Waals surface area contributed by atoms with Gasteiger partial charge in [-0.15, -0.1) is 0 Å². The summed E-state index contributed by atoms with van der Waals surface area (Å²) in [6, 6.07) is 0. The number of hydrogen-bond acceptors (Lipinski definition) is 0. The minimum atomic E-state index is 0.598. The van der Waals surface area contributed by atoms with Gasteiger partial charge in [0.05, 0.1) is 0 Å². The first-order chi connectivity index (χ1) is 6.43. The van der Waals surface area contributed by atoms with Crippen LogP contribution < -0.4 is 0 Å². The van der Waals surface area contributed by atoms with Crippen LogP contribution in [0, 0.1) is 22.7 Å². The van der Waals surface area contributed by atoms with Crippen molar-refractivity contribution in [2.45, 2.75) is 66.2 Å². The molecule has 14 heavy (non-hydrogen) atoms. The van der Waals surface area contributed by atoms with Crippen LogP contribution in [0.25, 0.3) is 0 Å². The molecule has 0 bridgehead atoms. The largest absolute Gasteiger partial charge is 0.0596 e. The zero-order valence-corrected chi connectivity index (χ0v) is 10.4. The van der Waals surface area contributed by atoms with E-state index < -0.39 is 0 Å². The molecule has 0 N–H and O–H groups in total. The predicted molar refractivity (Wildman–Crippen MR) is 62.2 cm³/mol. The Morgan fingerprint density at radius 1 is 0.786 bits per heavy atom. The SMILES string of the molecule is CC1(C)CCCCC2CCC(C)(C)C21. The van der Waals surface area contributed by atoms with Gasteiger partial charge in [-0.25, -0.2) is 0 Å². The summed E-state index contributed by atoms with van der Waals surface area (Å²) in [6.07, 6.45) is 8.89. The summed E-state index contributed by atoms with van der Waals surface area (Å²) in [5, 5.41) is 0. The van der Waals surface area contributed by atoms with Crippen LogP contribution in [-0.2, 0) is 0 Å². The van der Waals surface area contributed by atoms with Crippen LogP contribution in [0.2, 0.25) is 0 Å². The van der Waals surface area contributed by atoms with Crippen molar-refractivity contribution >= 4 is 0 Å². The van der Waals surface area contributed by atoms with Crippen molar-refractivity contribution < 1.29 is 0 Å². The Labute approximate surface area is 89.5 Å². The lowest BCUT2D eigenvalue weighted by molar-refractivity contribution is 0.0698. The van der Waals surface area contributed by atoms with Crippen molar-refractivity contribution in [2.24, 2.45) is 22.7 Å². The van der Waals surface area contributed by atoms with Crippen molar-refractivity contribution in [1.29, 1.82) is 0 Å². The Bertz CT molecular complexity index is 210. The van der Waals surface area contributed by atoms with E-state index in [1.54, 1.807) is 0 Å². The van der Waals surface area contributed by atoms with E-state index in [0.717, 1.165) is 11.8 Å². The summed E-state index contributed by atoms with van der Waals surface area (Å²) in [7, 11) is 0. The molecule has 2 unspecified atom stereocenters. The topological polar surface area (TPSA) is 0 Å². The number of rotatable bonds is 0. The molecule has 0 amide bonds. The van der Waals surface area contributed by atoms with Gasteiger partial charge in [0, 0.05) is 0 Å². The average molecular weight is 194 g/mol. The second-order valence-corrected chi connectivity index (χ2v) is 7.00. The van der Waals surface area contributed by atoms with Gasteiger partial charge in [0.1, 0.15) is 0 Å². The molecule has 2 aliphatic rings. The van der Waals surface area contributed by atoms with E-state index in [-0.39, 0.29) is 0 Å². The molecule has 0 aromatic heterocycles. The quantitative estimate of drug-likeness (QED) is 0.527. The Morgan fingerprint density at radius 2 is 1.43 bits per heavy atom. The van der Waals surface area contributed by atoms with Crippen molar-refractivity contribution in [3.05, 3.63) is 0 Å². The van der Waals surface area contributed by atoms with E-state index in [0.29, 0.717) is 10.8 Å². The van der Waals surface area contributed by atoms with Gasteiger partial charge in [0.15, 0.2) is 0 Å². The van der Waals surface area contributed by atoms with E-state index >= 15 is 0 Å². The lowest BCUT2D eigenvalue weighted by Gasteiger charge is -2.42. The predicted octanol–water partition coefficient (Wildman–Crippen LogP) is 4.64. The maximum atomic E-state index is 2.52. The third kappa shape index (κ3) is 1.61. The third-order valence-electron chi connectivity index (χ3n) is 4.96. The Kier molecular flexibility index (Phi) is 2.44. The minimum Gasteiger partial charge on any atom is -0.0596 e. The van der Waals surface area contributed by atoms with Crippen molar-refractivity contribution in [3.63, 3.8) is 0 Å². The first-order valence-corrected chi connectivity index (χ1v) is 6.43. The molecule has 0 spiro atoms. The Balaban J connectivity index is 2.28. The molecular weight excluding hydrogens is 168 g/mol. The minimum absolute atomic E-state index is 0.598. The van der Waals surface area contributed by atoms with E-state index in [1.807, 2.05) is 0 Å². The Hall–Kier alpha value is 0. The fraction of sp³-hybridized carbons (Fsp3) is 1.00. The molecule has 2 fully saturated rings. The zero-order chi connectivity index (χ0) is 10.4. The lowest BCUT2D eigenvalue weighted by Crippen LogP contribution is -2.35. The van der Waals surface area contributed by atoms with Crippen LogP contribution in [0.4, 0.5) is 0 Å². The highest BCUT2D eigenvalue weighted by Crippen LogP contribution is 2.58. The molecule has 2 atom stereocenters. The summed E-state index contributed by atoms with van der Waals surface area (Å²) < 4.78 is 0. The van der Waals surface area contributed by atoms with E-state index in [4.69, 9.17) is 0 Å². The van der Waals surface area contributed by atoms with Crippen LogP contribution in [0.1, 0.15) is 66.2 Å². The van der Waals surface area contributed by atoms with Crippen molar-refractivity contribution in [3.8, 4) is 0 Å². The second kappa shape index (κ2) is 3.25. The molecule has 82 valence electrons. The molecule has 0 saturated heterocycles. The Morgan fingerprint density at radius 3 is 2.14 bits per heavy atom. The summed E-state index contributed by atoms with van der Waals surface area (Å²) in [4.78, 5) is 0. The maximum absolute atomic E-state index is 2.52. The molecular formula is C14H26. The van der Waals surface area contributed by atoms with Gasteiger partial charge in [0.2, 0.25) is 0 Å². The fourth-order valence-corrected chi connectivity index (χ4v) is 4.67. The molecule has 0 aromatic rings. The van der Waals surface area contributed by atoms with Gasteiger partial charge in [-0.1, -0.05) is 47.0 Å². The molecule has 2 rings (SSSR count). The first kappa shape index (κ1) is 10.5. The van der Waals surface area contributed by atoms with Gasteiger partial charge in [0.25, 0.3) is 0 Å². The standard InChI is InChI=1S/C14H26/c1-13(2)9-6-5-7-11-8-10-14(3,4)12(11)13/h11-12H,5-10H2,1-4H3. The molecule has 0 heteroatoms. The second-order valence-electron chi connectivity index (χ2n) is 7.00. The molecule has 0 aromatic carbocycles. The highest BCUT2D eigenvalue weighted by Gasteiger charge is 2.49. The monoisotopic (exact) mass is 194 g/mol. The molecule has 0 nitrogen and oxygen atoms in total. The summed E-state index contributed by atoms with van der Waals surface area (Å²) in [5.41, 5.74) is 1.21. The number of hydrogen-bond donors (Lipinski definition) is 0. The highest BCUT2D eigenvalue weighted by atomic mass is 14.5. The molecule has 0 heterocycles. The summed E-state index contributed by atoms with van der Waals surface area (Å²) in [6.45, 7) is 10.0. The van der Waals surface area contributed by atoms with Crippen LogP contribution in [-0.4, -0.2) is 0 Å². The van der Waals surface area contributed by atoms with Crippen molar-refractivity contribution in [2.75, 3.05) is 0 Å². The lowest BCUT2D eigenvalue weighted by atomic mass is 9.63. The molecule has 0 radical (unpaired) electrons. The average Bonchev–Trinajstić information content (AvgIpc) is 2.25. The maximum Gasteiger partial charge on any atom is -0.0283 e. The number of fused-ring (bicyclic) bond motifs is 1.